The average Bonchev–Trinajstić information content (AvgIpc) is 2.75. The number of amides is 1. The zero-order chi connectivity index (χ0) is 20.3. The maximum atomic E-state index is 12.1. The maximum absolute atomic E-state index is 12.1. The third-order valence-electron chi connectivity index (χ3n) is 4.86. The lowest BCUT2D eigenvalue weighted by atomic mass is 10.2. The number of anilines is 1. The topological polar surface area (TPSA) is 62.8 Å². The maximum Gasteiger partial charge on any atom is 0.262 e. The molecule has 29 heavy (non-hydrogen) atoms. The summed E-state index contributed by atoms with van der Waals surface area (Å²) in [7, 11) is 0. The zero-order valence-electron chi connectivity index (χ0n) is 17.2. The Labute approximate surface area is 173 Å². The highest BCUT2D eigenvalue weighted by molar-refractivity contribution is 5.91. The number of carbonyl (C=O) groups is 1. The molecule has 6 heteroatoms. The molecule has 0 saturated carbocycles. The van der Waals surface area contributed by atoms with Crippen LogP contribution in [-0.2, 0) is 16.1 Å². The van der Waals surface area contributed by atoms with E-state index in [1.165, 1.54) is 0 Å². The highest BCUT2D eigenvalue weighted by Crippen LogP contribution is 2.14. The highest BCUT2D eigenvalue weighted by atomic mass is 16.5. The molecule has 2 N–H and O–H groups in total. The second-order valence-corrected chi connectivity index (χ2v) is 7.33. The lowest BCUT2D eigenvalue weighted by Gasteiger charge is -2.26. The van der Waals surface area contributed by atoms with Crippen LogP contribution in [0.25, 0.3) is 0 Å². The first-order valence-corrected chi connectivity index (χ1v) is 10.3. The number of morpholine rings is 1. The highest BCUT2D eigenvalue weighted by Gasteiger charge is 2.09. The van der Waals surface area contributed by atoms with Crippen LogP contribution >= 0.6 is 0 Å². The molecule has 1 heterocycles. The normalized spacial score (nSPS) is 14.5. The summed E-state index contributed by atoms with van der Waals surface area (Å²) in [5.74, 6) is 0.539. The Hall–Kier alpha value is -2.41. The standard InChI is InChI=1S/C23H31N3O3/c1-19-6-8-21(9-7-19)25-23(27)18-29-22-5-2-4-20(16-22)17-24-10-3-11-26-12-14-28-15-13-26/h2,4-9,16,24H,3,10-15,17-18H2,1H3,(H,25,27). The van der Waals surface area contributed by atoms with E-state index in [0.29, 0.717) is 5.75 Å². The molecule has 3 rings (SSSR count). The molecule has 6 nitrogen and oxygen atoms in total. The van der Waals surface area contributed by atoms with Gasteiger partial charge in [-0.25, -0.2) is 0 Å². The van der Waals surface area contributed by atoms with E-state index >= 15 is 0 Å². The van der Waals surface area contributed by atoms with Crippen molar-refractivity contribution >= 4 is 11.6 Å². The summed E-state index contributed by atoms with van der Waals surface area (Å²) in [6.07, 6.45) is 1.12. The van der Waals surface area contributed by atoms with Crippen molar-refractivity contribution in [3.63, 3.8) is 0 Å². The third-order valence-corrected chi connectivity index (χ3v) is 4.86. The number of carbonyl (C=O) groups excluding carboxylic acids is 1. The molecular formula is C23H31N3O3. The lowest BCUT2D eigenvalue weighted by Crippen LogP contribution is -2.37. The summed E-state index contributed by atoms with van der Waals surface area (Å²) in [6.45, 7) is 8.65. The second-order valence-electron chi connectivity index (χ2n) is 7.33. The van der Waals surface area contributed by atoms with Gasteiger partial charge in [0.05, 0.1) is 13.2 Å². The van der Waals surface area contributed by atoms with Gasteiger partial charge in [-0.1, -0.05) is 29.8 Å². The van der Waals surface area contributed by atoms with E-state index in [0.717, 1.165) is 69.2 Å². The summed E-state index contributed by atoms with van der Waals surface area (Å²) >= 11 is 0. The summed E-state index contributed by atoms with van der Waals surface area (Å²) in [5.41, 5.74) is 3.08. The monoisotopic (exact) mass is 397 g/mol. The van der Waals surface area contributed by atoms with Crippen molar-refractivity contribution in [3.8, 4) is 5.75 Å². The fourth-order valence-corrected chi connectivity index (χ4v) is 3.21. The number of rotatable bonds is 10. The Morgan fingerprint density at radius 3 is 2.72 bits per heavy atom. The van der Waals surface area contributed by atoms with Gasteiger partial charge in [-0.2, -0.15) is 0 Å². The summed E-state index contributed by atoms with van der Waals surface area (Å²) in [5, 5.41) is 6.32. The molecule has 0 aromatic heterocycles. The number of nitrogens with one attached hydrogen (secondary N) is 2. The zero-order valence-corrected chi connectivity index (χ0v) is 17.2. The minimum Gasteiger partial charge on any atom is -0.484 e. The first-order valence-electron chi connectivity index (χ1n) is 10.3. The van der Waals surface area contributed by atoms with E-state index in [9.17, 15) is 4.79 Å². The van der Waals surface area contributed by atoms with Crippen LogP contribution in [0.5, 0.6) is 5.75 Å². The van der Waals surface area contributed by atoms with E-state index < -0.39 is 0 Å². The minimum absolute atomic E-state index is 0.00962. The number of aryl methyl sites for hydroxylation is 1. The molecule has 0 radical (unpaired) electrons. The Morgan fingerprint density at radius 2 is 1.93 bits per heavy atom. The first-order chi connectivity index (χ1) is 14.2. The summed E-state index contributed by atoms with van der Waals surface area (Å²) in [4.78, 5) is 14.5. The van der Waals surface area contributed by atoms with E-state index in [4.69, 9.17) is 9.47 Å². The van der Waals surface area contributed by atoms with Crippen LogP contribution in [0.4, 0.5) is 5.69 Å². The van der Waals surface area contributed by atoms with E-state index in [2.05, 4.69) is 21.6 Å². The van der Waals surface area contributed by atoms with Crippen LogP contribution in [0.15, 0.2) is 48.5 Å². The van der Waals surface area contributed by atoms with Gasteiger partial charge in [0.25, 0.3) is 5.91 Å². The van der Waals surface area contributed by atoms with Crippen molar-refractivity contribution in [1.29, 1.82) is 0 Å². The third kappa shape index (κ3) is 7.85. The van der Waals surface area contributed by atoms with Gasteiger partial charge in [0.2, 0.25) is 0 Å². The molecule has 1 saturated heterocycles. The summed E-state index contributed by atoms with van der Waals surface area (Å²) in [6, 6.07) is 15.6. The van der Waals surface area contributed by atoms with Crippen LogP contribution < -0.4 is 15.4 Å². The smallest absolute Gasteiger partial charge is 0.262 e. The molecule has 1 fully saturated rings. The van der Waals surface area contributed by atoms with Crippen LogP contribution in [0, 0.1) is 6.92 Å². The van der Waals surface area contributed by atoms with Gasteiger partial charge in [-0.15, -0.1) is 0 Å². The Balaban J connectivity index is 1.34. The fourth-order valence-electron chi connectivity index (χ4n) is 3.21. The predicted octanol–water partition coefficient (Wildman–Crippen LogP) is 2.82. The SMILES string of the molecule is Cc1ccc(NC(=O)COc2cccc(CNCCCN3CCOCC3)c2)cc1. The van der Waals surface area contributed by atoms with Crippen LogP contribution in [0.2, 0.25) is 0 Å². The molecule has 0 unspecified atom stereocenters. The molecule has 2 aromatic rings. The summed E-state index contributed by atoms with van der Waals surface area (Å²) < 4.78 is 11.0. The molecule has 2 aromatic carbocycles. The van der Waals surface area contributed by atoms with Gasteiger partial charge in [-0.3, -0.25) is 9.69 Å². The van der Waals surface area contributed by atoms with Crippen molar-refractivity contribution in [2.75, 3.05) is 51.3 Å². The van der Waals surface area contributed by atoms with Crippen molar-refractivity contribution in [3.05, 3.63) is 59.7 Å². The van der Waals surface area contributed by atoms with Crippen LogP contribution in [-0.4, -0.2) is 56.8 Å². The molecule has 0 bridgehead atoms. The second kappa shape index (κ2) is 11.6. The van der Waals surface area contributed by atoms with Gasteiger partial charge in [0.15, 0.2) is 6.61 Å². The molecule has 1 aliphatic rings. The largest absolute Gasteiger partial charge is 0.484 e. The molecule has 0 spiro atoms. The average molecular weight is 398 g/mol. The van der Waals surface area contributed by atoms with Crippen molar-refractivity contribution in [2.24, 2.45) is 0 Å². The van der Waals surface area contributed by atoms with Gasteiger partial charge < -0.3 is 20.1 Å². The Bertz CT molecular complexity index is 758. The minimum atomic E-state index is -0.166. The number of nitrogens with zero attached hydrogens (tertiary/aromatic N) is 1. The van der Waals surface area contributed by atoms with Gasteiger partial charge >= 0.3 is 0 Å². The van der Waals surface area contributed by atoms with Crippen molar-refractivity contribution in [1.82, 2.24) is 10.2 Å². The number of benzene rings is 2. The van der Waals surface area contributed by atoms with Gasteiger partial charge in [0.1, 0.15) is 5.75 Å². The van der Waals surface area contributed by atoms with Crippen LogP contribution in [0.1, 0.15) is 17.5 Å². The number of ether oxygens (including phenoxy) is 2. The Kier molecular flexibility index (Phi) is 8.49. The molecular weight excluding hydrogens is 366 g/mol. The lowest BCUT2D eigenvalue weighted by molar-refractivity contribution is -0.118. The molecule has 0 atom stereocenters. The molecule has 1 aliphatic heterocycles. The van der Waals surface area contributed by atoms with Crippen molar-refractivity contribution in [2.45, 2.75) is 19.9 Å². The van der Waals surface area contributed by atoms with Gasteiger partial charge in [-0.05, 0) is 56.3 Å². The fraction of sp³-hybridized carbons (Fsp3) is 0.435. The number of hydrogen-bond donors (Lipinski definition) is 2. The molecule has 156 valence electrons. The van der Waals surface area contributed by atoms with E-state index in [-0.39, 0.29) is 12.5 Å². The number of hydrogen-bond acceptors (Lipinski definition) is 5. The molecule has 0 aliphatic carbocycles. The van der Waals surface area contributed by atoms with Gasteiger partial charge in [0, 0.05) is 25.3 Å². The first kappa shape index (κ1) is 21.3. The van der Waals surface area contributed by atoms with E-state index in [1.807, 2.05) is 49.4 Å². The Morgan fingerprint density at radius 1 is 1.14 bits per heavy atom. The molecule has 1 amide bonds. The predicted molar refractivity (Wildman–Crippen MR) is 115 cm³/mol. The van der Waals surface area contributed by atoms with Crippen LogP contribution in [0.3, 0.4) is 0 Å². The quantitative estimate of drug-likeness (QED) is 0.604. The van der Waals surface area contributed by atoms with E-state index in [1.54, 1.807) is 0 Å². The van der Waals surface area contributed by atoms with Crippen molar-refractivity contribution < 1.29 is 14.3 Å².